The Balaban J connectivity index is 4.19. The summed E-state index contributed by atoms with van der Waals surface area (Å²) < 4.78 is 16.8. The quantitative estimate of drug-likeness (QED) is 0.0261. The van der Waals surface area contributed by atoms with Gasteiger partial charge in [-0.05, 0) is 89.9 Å². The topological polar surface area (TPSA) is 78.9 Å². The molecule has 1 unspecified atom stereocenters. The van der Waals surface area contributed by atoms with Crippen molar-refractivity contribution < 1.29 is 28.6 Å². The molecule has 0 aromatic rings. The highest BCUT2D eigenvalue weighted by Crippen LogP contribution is 2.16. The summed E-state index contributed by atoms with van der Waals surface area (Å²) >= 11 is 0. The Morgan fingerprint density at radius 3 is 0.778 bits per heavy atom. The molecule has 6 nitrogen and oxygen atoms in total. The van der Waals surface area contributed by atoms with E-state index in [0.717, 1.165) is 83.5 Å². The van der Waals surface area contributed by atoms with Crippen LogP contribution in [-0.2, 0) is 28.6 Å². The van der Waals surface area contributed by atoms with E-state index in [4.69, 9.17) is 14.2 Å². The zero-order valence-electron chi connectivity index (χ0n) is 47.9. The normalized spacial score (nSPS) is 12.4. The molecule has 0 saturated carbocycles. The Labute approximate surface area is 447 Å². The van der Waals surface area contributed by atoms with Crippen LogP contribution >= 0.6 is 0 Å². The van der Waals surface area contributed by atoms with E-state index in [1.807, 2.05) is 0 Å². The zero-order valence-corrected chi connectivity index (χ0v) is 47.9. The second-order valence-corrected chi connectivity index (χ2v) is 21.0. The Hall–Kier alpha value is -2.89. The van der Waals surface area contributed by atoms with Crippen molar-refractivity contribution in [1.29, 1.82) is 0 Å². The van der Waals surface area contributed by atoms with Crippen LogP contribution in [0, 0.1) is 0 Å². The van der Waals surface area contributed by atoms with Crippen LogP contribution in [0.3, 0.4) is 0 Å². The third-order valence-corrected chi connectivity index (χ3v) is 13.7. The fraction of sp³-hybridized carbons (Fsp3) is 0.803. The second-order valence-electron chi connectivity index (χ2n) is 21.0. The highest BCUT2D eigenvalue weighted by atomic mass is 16.6. The summed E-state index contributed by atoms with van der Waals surface area (Å²) in [6, 6.07) is 0. The van der Waals surface area contributed by atoms with Crippen LogP contribution in [0.5, 0.6) is 0 Å². The maximum atomic E-state index is 12.9. The van der Waals surface area contributed by atoms with Crippen LogP contribution in [0.25, 0.3) is 0 Å². The van der Waals surface area contributed by atoms with Crippen molar-refractivity contribution in [2.45, 2.75) is 329 Å². The van der Waals surface area contributed by atoms with Gasteiger partial charge in [0.2, 0.25) is 0 Å². The van der Waals surface area contributed by atoms with Gasteiger partial charge in [0, 0.05) is 19.3 Å². The first-order chi connectivity index (χ1) is 35.5. The summed E-state index contributed by atoms with van der Waals surface area (Å²) in [5.41, 5.74) is 0. The summed E-state index contributed by atoms with van der Waals surface area (Å²) in [4.78, 5) is 38.1. The minimum atomic E-state index is -0.779. The van der Waals surface area contributed by atoms with Gasteiger partial charge in [-0.3, -0.25) is 14.4 Å². The number of carbonyl (C=O) groups is 3. The molecule has 0 aliphatic rings. The highest BCUT2D eigenvalue weighted by Gasteiger charge is 2.19. The van der Waals surface area contributed by atoms with Crippen molar-refractivity contribution >= 4 is 17.9 Å². The van der Waals surface area contributed by atoms with Crippen LogP contribution in [0.4, 0.5) is 0 Å². The predicted molar refractivity (Wildman–Crippen MR) is 312 cm³/mol. The number of hydrogen-bond acceptors (Lipinski definition) is 6. The van der Waals surface area contributed by atoms with Gasteiger partial charge in [0.15, 0.2) is 6.10 Å². The van der Waals surface area contributed by atoms with Crippen molar-refractivity contribution in [3.63, 3.8) is 0 Å². The van der Waals surface area contributed by atoms with Crippen LogP contribution < -0.4 is 0 Å². The molecule has 0 aliphatic carbocycles. The number of unbranched alkanes of at least 4 members (excludes halogenated alkanes) is 36. The predicted octanol–water partition coefficient (Wildman–Crippen LogP) is 21.2. The molecule has 0 aromatic heterocycles. The number of rotatable bonds is 57. The molecule has 72 heavy (non-hydrogen) atoms. The smallest absolute Gasteiger partial charge is 0.306 e. The Kier molecular flexibility index (Phi) is 58.2. The van der Waals surface area contributed by atoms with Gasteiger partial charge in [-0.2, -0.15) is 0 Å². The standard InChI is InChI=1S/C66H118O6/c1-4-7-10-13-16-19-21-23-25-27-29-31-32-33-34-36-37-39-41-43-45-47-50-53-56-59-65(68)71-62-63(61-70-64(67)58-55-52-49-18-15-12-9-6-3)72-66(69)60-57-54-51-48-46-44-42-40-38-35-30-28-26-24-22-20-17-14-11-8-5-2/h21-24,27-30,38,40,63H,4-20,25-26,31-37,39,41-62H2,1-3H3/b23-21-,24-22-,29-27-,30-28-,40-38-. The maximum absolute atomic E-state index is 12.9. The van der Waals surface area contributed by atoms with Crippen molar-refractivity contribution in [1.82, 2.24) is 0 Å². The number of carbonyl (C=O) groups excluding carboxylic acids is 3. The first kappa shape index (κ1) is 69.1. The molecule has 0 aromatic carbocycles. The lowest BCUT2D eigenvalue weighted by atomic mass is 10.0. The monoisotopic (exact) mass is 1010 g/mol. The molecule has 0 saturated heterocycles. The van der Waals surface area contributed by atoms with Gasteiger partial charge in [-0.25, -0.2) is 0 Å². The van der Waals surface area contributed by atoms with Crippen molar-refractivity contribution in [3.05, 3.63) is 60.8 Å². The summed E-state index contributed by atoms with van der Waals surface area (Å²) in [7, 11) is 0. The Morgan fingerprint density at radius 1 is 0.278 bits per heavy atom. The summed E-state index contributed by atoms with van der Waals surface area (Å²) in [6.07, 6.45) is 76.7. The lowest BCUT2D eigenvalue weighted by Gasteiger charge is -2.18. The van der Waals surface area contributed by atoms with Gasteiger partial charge in [-0.15, -0.1) is 0 Å². The molecule has 0 aliphatic heterocycles. The second kappa shape index (κ2) is 60.7. The highest BCUT2D eigenvalue weighted by molar-refractivity contribution is 5.71. The zero-order chi connectivity index (χ0) is 52.2. The van der Waals surface area contributed by atoms with Crippen molar-refractivity contribution in [2.24, 2.45) is 0 Å². The molecule has 0 rings (SSSR count). The van der Waals surface area contributed by atoms with Gasteiger partial charge >= 0.3 is 17.9 Å². The molecule has 0 amide bonds. The van der Waals surface area contributed by atoms with Gasteiger partial charge in [0.25, 0.3) is 0 Å². The number of hydrogen-bond donors (Lipinski definition) is 0. The molecule has 0 bridgehead atoms. The summed E-state index contributed by atoms with van der Waals surface area (Å²) in [6.45, 7) is 6.61. The Morgan fingerprint density at radius 2 is 0.500 bits per heavy atom. The van der Waals surface area contributed by atoms with Crippen LogP contribution in [0.2, 0.25) is 0 Å². The van der Waals surface area contributed by atoms with E-state index < -0.39 is 6.10 Å². The van der Waals surface area contributed by atoms with Crippen LogP contribution in [0.1, 0.15) is 323 Å². The van der Waals surface area contributed by atoms with Gasteiger partial charge in [0.1, 0.15) is 13.2 Å². The maximum Gasteiger partial charge on any atom is 0.306 e. The van der Waals surface area contributed by atoms with Crippen molar-refractivity contribution in [2.75, 3.05) is 13.2 Å². The van der Waals surface area contributed by atoms with Crippen LogP contribution in [-0.4, -0.2) is 37.2 Å². The molecule has 0 fully saturated rings. The number of esters is 3. The van der Waals surface area contributed by atoms with Crippen LogP contribution in [0.15, 0.2) is 60.8 Å². The first-order valence-electron chi connectivity index (χ1n) is 31.3. The SMILES string of the molecule is CCCCCCC/C=C\C/C=C\C/C=C\CCCCCCCCC(=O)OC(COC(=O)CCCCCCCCCC)COC(=O)CCCCCCCCCCCCCCC/C=C\C/C=C\CCCCCCC. The van der Waals surface area contributed by atoms with Gasteiger partial charge in [-0.1, -0.05) is 274 Å². The fourth-order valence-electron chi connectivity index (χ4n) is 9.01. The lowest BCUT2D eigenvalue weighted by molar-refractivity contribution is -0.167. The molecule has 0 heterocycles. The van der Waals surface area contributed by atoms with E-state index in [2.05, 4.69) is 81.5 Å². The van der Waals surface area contributed by atoms with E-state index in [1.165, 1.54) is 199 Å². The minimum Gasteiger partial charge on any atom is -0.462 e. The largest absolute Gasteiger partial charge is 0.462 e. The van der Waals surface area contributed by atoms with E-state index >= 15 is 0 Å². The fourth-order valence-corrected chi connectivity index (χ4v) is 9.01. The van der Waals surface area contributed by atoms with E-state index in [9.17, 15) is 14.4 Å². The number of allylic oxidation sites excluding steroid dienone is 10. The lowest BCUT2D eigenvalue weighted by Crippen LogP contribution is -2.30. The molecule has 418 valence electrons. The Bertz CT molecular complexity index is 1290. The van der Waals surface area contributed by atoms with E-state index in [0.29, 0.717) is 19.3 Å². The average molecular weight is 1010 g/mol. The summed E-state index contributed by atoms with van der Waals surface area (Å²) in [5.74, 6) is -0.882. The van der Waals surface area contributed by atoms with Gasteiger partial charge in [0.05, 0.1) is 0 Å². The number of ether oxygens (including phenoxy) is 3. The average Bonchev–Trinajstić information content (AvgIpc) is 3.38. The van der Waals surface area contributed by atoms with Gasteiger partial charge < -0.3 is 14.2 Å². The van der Waals surface area contributed by atoms with E-state index in [1.54, 1.807) is 0 Å². The third-order valence-electron chi connectivity index (χ3n) is 13.7. The molecule has 0 radical (unpaired) electrons. The molecular formula is C66H118O6. The molecule has 0 N–H and O–H groups in total. The summed E-state index contributed by atoms with van der Waals surface area (Å²) in [5, 5.41) is 0. The molecular weight excluding hydrogens is 889 g/mol. The third kappa shape index (κ3) is 58.0. The molecule has 1 atom stereocenters. The first-order valence-corrected chi connectivity index (χ1v) is 31.3. The molecule has 6 heteroatoms. The van der Waals surface area contributed by atoms with E-state index in [-0.39, 0.29) is 31.1 Å². The molecule has 0 spiro atoms. The minimum absolute atomic E-state index is 0.0775. The van der Waals surface area contributed by atoms with Crippen molar-refractivity contribution in [3.8, 4) is 0 Å².